The van der Waals surface area contributed by atoms with Crippen LogP contribution in [0.2, 0.25) is 0 Å². The monoisotopic (exact) mass is 279 g/mol. The third-order valence-corrected chi connectivity index (χ3v) is 2.37. The first-order valence-electron chi connectivity index (χ1n) is 3.16. The second-order valence-corrected chi connectivity index (χ2v) is 3.25. The summed E-state index contributed by atoms with van der Waals surface area (Å²) in [6, 6.07) is 4.26. The van der Waals surface area contributed by atoms with Gasteiger partial charge in [-0.1, -0.05) is 6.07 Å². The van der Waals surface area contributed by atoms with E-state index in [1.807, 2.05) is 0 Å². The summed E-state index contributed by atoms with van der Waals surface area (Å²) in [5, 5.41) is 8.29. The Morgan fingerprint density at radius 3 is 2.67 bits per heavy atom. The zero-order valence-electron chi connectivity index (χ0n) is 5.94. The molecule has 0 fully saturated rings. The molecule has 0 bridgehead atoms. The molecule has 0 saturated heterocycles. The SMILES string of the molecule is N#CCc1ccc(F)c(I)c1F. The molecule has 0 spiro atoms. The highest BCUT2D eigenvalue weighted by Gasteiger charge is 2.09. The Bertz CT molecular complexity index is 344. The number of nitriles is 1. The van der Waals surface area contributed by atoms with Gasteiger partial charge in [-0.25, -0.2) is 8.78 Å². The van der Waals surface area contributed by atoms with Crippen molar-refractivity contribution in [2.24, 2.45) is 0 Å². The van der Waals surface area contributed by atoms with Gasteiger partial charge >= 0.3 is 0 Å². The summed E-state index contributed by atoms with van der Waals surface area (Å²) in [5.41, 5.74) is 0.239. The van der Waals surface area contributed by atoms with E-state index in [2.05, 4.69) is 0 Å². The lowest BCUT2D eigenvalue weighted by atomic mass is 10.1. The number of benzene rings is 1. The minimum absolute atomic E-state index is 0.0257. The van der Waals surface area contributed by atoms with E-state index in [4.69, 9.17) is 5.26 Å². The van der Waals surface area contributed by atoms with Crippen molar-refractivity contribution < 1.29 is 8.78 Å². The highest BCUT2D eigenvalue weighted by Crippen LogP contribution is 2.18. The lowest BCUT2D eigenvalue weighted by Gasteiger charge is -2.00. The highest BCUT2D eigenvalue weighted by molar-refractivity contribution is 14.1. The van der Waals surface area contributed by atoms with E-state index in [-0.39, 0.29) is 15.6 Å². The second-order valence-electron chi connectivity index (χ2n) is 2.17. The second kappa shape index (κ2) is 3.81. The Morgan fingerprint density at radius 1 is 1.42 bits per heavy atom. The Hall–Kier alpha value is -0.700. The average molecular weight is 279 g/mol. The Labute approximate surface area is 82.1 Å². The number of hydrogen-bond acceptors (Lipinski definition) is 1. The molecule has 0 amide bonds. The van der Waals surface area contributed by atoms with Crippen LogP contribution in [0.5, 0.6) is 0 Å². The first kappa shape index (κ1) is 9.39. The summed E-state index contributed by atoms with van der Waals surface area (Å²) in [6.45, 7) is 0. The van der Waals surface area contributed by atoms with Crippen LogP contribution in [0, 0.1) is 26.5 Å². The van der Waals surface area contributed by atoms with Crippen molar-refractivity contribution in [1.82, 2.24) is 0 Å². The van der Waals surface area contributed by atoms with Gasteiger partial charge in [-0.05, 0) is 28.7 Å². The predicted octanol–water partition coefficient (Wildman–Crippen LogP) is 2.64. The molecule has 0 aliphatic heterocycles. The maximum absolute atomic E-state index is 13.1. The van der Waals surface area contributed by atoms with Crippen LogP contribution in [-0.2, 0) is 6.42 Å². The van der Waals surface area contributed by atoms with E-state index in [9.17, 15) is 8.78 Å². The molecule has 0 saturated carbocycles. The first-order valence-corrected chi connectivity index (χ1v) is 4.24. The van der Waals surface area contributed by atoms with Crippen LogP contribution in [0.25, 0.3) is 0 Å². The maximum Gasteiger partial charge on any atom is 0.143 e. The van der Waals surface area contributed by atoms with Crippen LogP contribution in [0.1, 0.15) is 5.56 Å². The van der Waals surface area contributed by atoms with Crippen LogP contribution in [0.4, 0.5) is 8.78 Å². The van der Waals surface area contributed by atoms with E-state index >= 15 is 0 Å². The summed E-state index contributed by atoms with van der Waals surface area (Å²) in [5.74, 6) is -1.22. The molecule has 1 nitrogen and oxygen atoms in total. The lowest BCUT2D eigenvalue weighted by Crippen LogP contribution is -1.95. The largest absolute Gasteiger partial charge is 0.206 e. The smallest absolute Gasteiger partial charge is 0.143 e. The molecule has 0 heterocycles. The van der Waals surface area contributed by atoms with Crippen molar-refractivity contribution >= 4 is 22.6 Å². The number of hydrogen-bond donors (Lipinski definition) is 0. The maximum atomic E-state index is 13.1. The molecule has 0 aliphatic carbocycles. The molecule has 0 radical (unpaired) electrons. The number of rotatable bonds is 1. The first-order chi connectivity index (χ1) is 5.66. The molecule has 0 N–H and O–H groups in total. The van der Waals surface area contributed by atoms with Crippen molar-refractivity contribution in [1.29, 1.82) is 5.26 Å². The fourth-order valence-corrected chi connectivity index (χ4v) is 1.31. The van der Waals surface area contributed by atoms with Crippen molar-refractivity contribution in [2.45, 2.75) is 6.42 Å². The van der Waals surface area contributed by atoms with Crippen LogP contribution in [0.3, 0.4) is 0 Å². The average Bonchev–Trinajstić information content (AvgIpc) is 2.07. The van der Waals surface area contributed by atoms with Gasteiger partial charge in [-0.2, -0.15) is 5.26 Å². The zero-order chi connectivity index (χ0) is 9.14. The van der Waals surface area contributed by atoms with E-state index in [1.54, 1.807) is 28.7 Å². The van der Waals surface area contributed by atoms with Crippen molar-refractivity contribution in [3.63, 3.8) is 0 Å². The molecule has 62 valence electrons. The molecular weight excluding hydrogens is 275 g/mol. The molecule has 1 rings (SSSR count). The number of nitrogens with zero attached hydrogens (tertiary/aromatic N) is 1. The quantitative estimate of drug-likeness (QED) is 0.572. The Kier molecular flexibility index (Phi) is 2.98. The summed E-state index contributed by atoms with van der Waals surface area (Å²) >= 11 is 1.57. The molecule has 0 aliphatic rings. The zero-order valence-corrected chi connectivity index (χ0v) is 8.10. The molecule has 4 heteroatoms. The van der Waals surface area contributed by atoms with Crippen molar-refractivity contribution in [3.8, 4) is 6.07 Å². The molecule has 0 atom stereocenters. The summed E-state index contributed by atoms with van der Waals surface area (Å²) in [4.78, 5) is 0. The third-order valence-electron chi connectivity index (χ3n) is 1.38. The van der Waals surface area contributed by atoms with Gasteiger partial charge in [0.25, 0.3) is 0 Å². The van der Waals surface area contributed by atoms with Crippen LogP contribution in [-0.4, -0.2) is 0 Å². The van der Waals surface area contributed by atoms with Gasteiger partial charge in [0.05, 0.1) is 16.1 Å². The van der Waals surface area contributed by atoms with Gasteiger partial charge in [0.15, 0.2) is 0 Å². The van der Waals surface area contributed by atoms with Gasteiger partial charge in [0, 0.05) is 5.56 Å². The van der Waals surface area contributed by atoms with E-state index in [1.165, 1.54) is 6.07 Å². The normalized spacial score (nSPS) is 9.50. The van der Waals surface area contributed by atoms with Gasteiger partial charge in [0.1, 0.15) is 11.6 Å². The Balaban J connectivity index is 3.19. The van der Waals surface area contributed by atoms with E-state index in [0.29, 0.717) is 0 Å². The molecule has 12 heavy (non-hydrogen) atoms. The van der Waals surface area contributed by atoms with E-state index < -0.39 is 11.6 Å². The van der Waals surface area contributed by atoms with Gasteiger partial charge in [0.2, 0.25) is 0 Å². The minimum atomic E-state index is -0.628. The van der Waals surface area contributed by atoms with Gasteiger partial charge in [-0.15, -0.1) is 0 Å². The fraction of sp³-hybridized carbons (Fsp3) is 0.125. The van der Waals surface area contributed by atoms with Gasteiger partial charge in [-0.3, -0.25) is 0 Å². The molecule has 1 aromatic rings. The lowest BCUT2D eigenvalue weighted by molar-refractivity contribution is 0.562. The molecule has 0 aromatic heterocycles. The topological polar surface area (TPSA) is 23.8 Å². The molecule has 1 aromatic carbocycles. The summed E-state index contributed by atoms with van der Waals surface area (Å²) in [7, 11) is 0. The Morgan fingerprint density at radius 2 is 2.08 bits per heavy atom. The standard InChI is InChI=1S/C8H4F2IN/c9-6-2-1-5(3-4-12)7(10)8(6)11/h1-2H,3H2. The summed E-state index contributed by atoms with van der Waals surface area (Å²) in [6.07, 6.45) is -0.0257. The highest BCUT2D eigenvalue weighted by atomic mass is 127. The third kappa shape index (κ3) is 1.72. The summed E-state index contributed by atoms with van der Waals surface area (Å²) < 4.78 is 25.7. The van der Waals surface area contributed by atoms with Crippen molar-refractivity contribution in [3.05, 3.63) is 32.9 Å². The fourth-order valence-electron chi connectivity index (χ4n) is 0.788. The molecular formula is C8H4F2IN. The van der Waals surface area contributed by atoms with Crippen LogP contribution >= 0.6 is 22.6 Å². The van der Waals surface area contributed by atoms with Crippen LogP contribution < -0.4 is 0 Å². The van der Waals surface area contributed by atoms with Crippen LogP contribution in [0.15, 0.2) is 12.1 Å². The molecule has 0 unspecified atom stereocenters. The predicted molar refractivity (Wildman–Crippen MR) is 48.4 cm³/mol. The van der Waals surface area contributed by atoms with Gasteiger partial charge < -0.3 is 0 Å². The van der Waals surface area contributed by atoms with Crippen molar-refractivity contribution in [2.75, 3.05) is 0 Å². The minimum Gasteiger partial charge on any atom is -0.206 e. The number of halogens is 3. The van der Waals surface area contributed by atoms with E-state index in [0.717, 1.165) is 6.07 Å².